The van der Waals surface area contributed by atoms with Crippen LogP contribution in [0.3, 0.4) is 0 Å². The van der Waals surface area contributed by atoms with Crippen molar-refractivity contribution in [3.63, 3.8) is 0 Å². The van der Waals surface area contributed by atoms with Crippen LogP contribution >= 0.6 is 0 Å². The fraction of sp³-hybridized carbons (Fsp3) is 0.500. The van der Waals surface area contributed by atoms with Gasteiger partial charge in [0.2, 0.25) is 11.9 Å². The first-order chi connectivity index (χ1) is 10.7. The molecule has 116 valence electrons. The van der Waals surface area contributed by atoms with Crippen LogP contribution < -0.4 is 5.32 Å². The lowest BCUT2D eigenvalue weighted by molar-refractivity contribution is -0.118. The van der Waals surface area contributed by atoms with Crippen molar-refractivity contribution in [3.05, 3.63) is 24.5 Å². The predicted octanol–water partition coefficient (Wildman–Crippen LogP) is 2.56. The third-order valence-corrected chi connectivity index (χ3v) is 4.01. The second kappa shape index (κ2) is 6.79. The lowest BCUT2D eigenvalue weighted by Crippen LogP contribution is -2.28. The van der Waals surface area contributed by atoms with Crippen LogP contribution in [0.2, 0.25) is 0 Å². The summed E-state index contributed by atoms with van der Waals surface area (Å²) >= 11 is 0. The zero-order valence-electron chi connectivity index (χ0n) is 12.7. The molecule has 2 aromatic heterocycles. The highest BCUT2D eigenvalue weighted by molar-refractivity contribution is 5.89. The topological polar surface area (TPSA) is 77.0 Å². The quantitative estimate of drug-likeness (QED) is 0.939. The molecule has 0 aromatic carbocycles. The molecule has 2 aromatic rings. The second-order valence-electron chi connectivity index (χ2n) is 5.65. The van der Waals surface area contributed by atoms with Crippen LogP contribution in [0.4, 0.5) is 5.95 Å². The molecule has 1 saturated heterocycles. The smallest absolute Gasteiger partial charge is 0.231 e. The molecular weight excluding hydrogens is 280 g/mol. The number of pyridine rings is 1. The third kappa shape index (κ3) is 3.57. The molecule has 1 fully saturated rings. The molecular formula is C16H20N4O2. The number of hydrogen-bond acceptors (Lipinski definition) is 5. The Kier molecular flexibility index (Phi) is 4.58. The Labute approximate surface area is 129 Å². The Hall–Kier alpha value is -2.08. The molecule has 2 unspecified atom stereocenters. The number of carbonyl (C=O) groups excluding carboxylic acids is 1. The van der Waals surface area contributed by atoms with Crippen molar-refractivity contribution in [1.29, 1.82) is 0 Å². The lowest BCUT2D eigenvalue weighted by atomic mass is 9.91. The number of fused-ring (bicyclic) bond motifs is 1. The van der Waals surface area contributed by atoms with Gasteiger partial charge in [0.25, 0.3) is 0 Å². The highest BCUT2D eigenvalue weighted by Crippen LogP contribution is 2.25. The minimum atomic E-state index is -0.0444. The minimum Gasteiger partial charge on any atom is -0.378 e. The second-order valence-corrected chi connectivity index (χ2v) is 5.65. The van der Waals surface area contributed by atoms with Crippen LogP contribution in [0, 0.1) is 5.92 Å². The largest absolute Gasteiger partial charge is 0.378 e. The van der Waals surface area contributed by atoms with Crippen molar-refractivity contribution < 1.29 is 9.53 Å². The molecule has 0 bridgehead atoms. The van der Waals surface area contributed by atoms with Gasteiger partial charge in [-0.25, -0.2) is 9.97 Å². The first-order valence-corrected chi connectivity index (χ1v) is 7.74. The standard InChI is InChI=1S/C16H20N4O2/c1-2-13-8-11(5-7-22-13)9-14(21)19-16-18-10-12-4-3-6-17-15(12)20-16/h3-4,6,10-11,13H,2,5,7-9H2,1H3,(H,17,18,19,20,21). The number of nitrogens with zero attached hydrogens (tertiary/aromatic N) is 3. The maximum Gasteiger partial charge on any atom is 0.231 e. The van der Waals surface area contributed by atoms with Gasteiger partial charge in [0.1, 0.15) is 0 Å². The monoisotopic (exact) mass is 300 g/mol. The van der Waals surface area contributed by atoms with Gasteiger partial charge >= 0.3 is 0 Å². The number of carbonyl (C=O) groups is 1. The van der Waals surface area contributed by atoms with Crippen LogP contribution in [-0.4, -0.2) is 33.6 Å². The van der Waals surface area contributed by atoms with E-state index >= 15 is 0 Å². The molecule has 1 amide bonds. The van der Waals surface area contributed by atoms with E-state index in [0.717, 1.165) is 31.3 Å². The van der Waals surface area contributed by atoms with Gasteiger partial charge in [0.05, 0.1) is 6.10 Å². The lowest BCUT2D eigenvalue weighted by Gasteiger charge is -2.28. The molecule has 6 nitrogen and oxygen atoms in total. The highest BCUT2D eigenvalue weighted by Gasteiger charge is 2.23. The zero-order chi connectivity index (χ0) is 15.4. The molecule has 0 radical (unpaired) electrons. The number of aromatic nitrogens is 3. The summed E-state index contributed by atoms with van der Waals surface area (Å²) in [6.45, 7) is 2.86. The summed E-state index contributed by atoms with van der Waals surface area (Å²) in [7, 11) is 0. The van der Waals surface area contributed by atoms with Crippen LogP contribution in [0.1, 0.15) is 32.6 Å². The fourth-order valence-electron chi connectivity index (χ4n) is 2.79. The maximum absolute atomic E-state index is 12.2. The molecule has 0 saturated carbocycles. The van der Waals surface area contributed by atoms with E-state index in [2.05, 4.69) is 27.2 Å². The Morgan fingerprint density at radius 1 is 1.45 bits per heavy atom. The number of rotatable bonds is 4. The SMILES string of the molecule is CCC1CC(CC(=O)Nc2ncc3cccnc3n2)CCO1. The number of ether oxygens (including phenoxy) is 1. The molecule has 22 heavy (non-hydrogen) atoms. The summed E-state index contributed by atoms with van der Waals surface area (Å²) in [4.78, 5) is 24.8. The van der Waals surface area contributed by atoms with Crippen LogP contribution in [0.15, 0.2) is 24.5 Å². The summed E-state index contributed by atoms with van der Waals surface area (Å²) in [6.07, 6.45) is 7.00. The molecule has 1 N–H and O–H groups in total. The van der Waals surface area contributed by atoms with E-state index in [-0.39, 0.29) is 12.0 Å². The molecule has 0 spiro atoms. The van der Waals surface area contributed by atoms with Crippen LogP contribution in [0.25, 0.3) is 11.0 Å². The Morgan fingerprint density at radius 2 is 2.36 bits per heavy atom. The summed E-state index contributed by atoms with van der Waals surface area (Å²) < 4.78 is 5.64. The van der Waals surface area contributed by atoms with Crippen molar-refractivity contribution >= 4 is 22.9 Å². The Morgan fingerprint density at radius 3 is 3.23 bits per heavy atom. The van der Waals surface area contributed by atoms with Crippen molar-refractivity contribution in [2.75, 3.05) is 11.9 Å². The van der Waals surface area contributed by atoms with Gasteiger partial charge < -0.3 is 4.74 Å². The molecule has 0 aliphatic carbocycles. The molecule has 1 aliphatic rings. The summed E-state index contributed by atoms with van der Waals surface area (Å²) in [5.74, 6) is 0.643. The molecule has 6 heteroatoms. The number of hydrogen-bond donors (Lipinski definition) is 1. The molecule has 3 rings (SSSR count). The van der Waals surface area contributed by atoms with Crippen LogP contribution in [-0.2, 0) is 9.53 Å². The van der Waals surface area contributed by atoms with Gasteiger partial charge in [-0.2, -0.15) is 4.98 Å². The minimum absolute atomic E-state index is 0.0444. The van der Waals surface area contributed by atoms with E-state index in [4.69, 9.17) is 4.74 Å². The number of nitrogens with one attached hydrogen (secondary N) is 1. The van der Waals surface area contributed by atoms with Gasteiger partial charge in [0, 0.05) is 30.8 Å². The van der Waals surface area contributed by atoms with Gasteiger partial charge in [-0.1, -0.05) is 6.92 Å². The molecule has 3 heterocycles. The van der Waals surface area contributed by atoms with E-state index in [0.29, 0.717) is 23.9 Å². The third-order valence-electron chi connectivity index (χ3n) is 4.01. The highest BCUT2D eigenvalue weighted by atomic mass is 16.5. The molecule has 1 aliphatic heterocycles. The van der Waals surface area contributed by atoms with Gasteiger partial charge in [-0.05, 0) is 37.3 Å². The first-order valence-electron chi connectivity index (χ1n) is 7.74. The average Bonchev–Trinajstić information content (AvgIpc) is 2.55. The van der Waals surface area contributed by atoms with E-state index in [1.54, 1.807) is 12.4 Å². The normalized spacial score (nSPS) is 21.7. The van der Waals surface area contributed by atoms with Crippen LogP contribution in [0.5, 0.6) is 0 Å². The fourth-order valence-corrected chi connectivity index (χ4v) is 2.79. The molecule has 2 atom stereocenters. The summed E-state index contributed by atoms with van der Waals surface area (Å²) in [5.41, 5.74) is 0.588. The van der Waals surface area contributed by atoms with Crippen molar-refractivity contribution in [1.82, 2.24) is 15.0 Å². The zero-order valence-corrected chi connectivity index (χ0v) is 12.7. The number of amides is 1. The number of anilines is 1. The van der Waals surface area contributed by atoms with Crippen molar-refractivity contribution in [2.24, 2.45) is 5.92 Å². The predicted molar refractivity (Wildman–Crippen MR) is 83.3 cm³/mol. The maximum atomic E-state index is 12.2. The Balaban J connectivity index is 1.60. The summed E-state index contributed by atoms with van der Waals surface area (Å²) in [5, 5.41) is 3.63. The van der Waals surface area contributed by atoms with Gasteiger partial charge in [0.15, 0.2) is 5.65 Å². The van der Waals surface area contributed by atoms with E-state index in [1.807, 2.05) is 12.1 Å². The van der Waals surface area contributed by atoms with E-state index in [1.165, 1.54) is 0 Å². The first kappa shape index (κ1) is 14.8. The van der Waals surface area contributed by atoms with E-state index < -0.39 is 0 Å². The van der Waals surface area contributed by atoms with Crippen molar-refractivity contribution in [2.45, 2.75) is 38.7 Å². The summed E-state index contributed by atoms with van der Waals surface area (Å²) in [6, 6.07) is 3.72. The average molecular weight is 300 g/mol. The Bertz CT molecular complexity index is 661. The van der Waals surface area contributed by atoms with E-state index in [9.17, 15) is 4.79 Å². The van der Waals surface area contributed by atoms with Gasteiger partial charge in [-0.15, -0.1) is 0 Å². The van der Waals surface area contributed by atoms with Crippen molar-refractivity contribution in [3.8, 4) is 0 Å². The van der Waals surface area contributed by atoms with Gasteiger partial charge in [-0.3, -0.25) is 10.1 Å².